The molecule has 140 valence electrons. The lowest BCUT2D eigenvalue weighted by atomic mass is 10.3. The molecule has 9 heteroatoms. The summed E-state index contributed by atoms with van der Waals surface area (Å²) < 4.78 is 43.3. The maximum atomic E-state index is 12.8. The molecule has 0 bridgehead atoms. The number of halogens is 1. The van der Waals surface area contributed by atoms with Crippen LogP contribution >= 0.6 is 0 Å². The van der Waals surface area contributed by atoms with Crippen LogP contribution in [0.5, 0.6) is 0 Å². The monoisotopic (exact) mass is 373 g/mol. The average Bonchev–Trinajstić information content (AvgIpc) is 2.56. The average molecular weight is 373 g/mol. The van der Waals surface area contributed by atoms with Crippen molar-refractivity contribution in [3.05, 3.63) is 30.1 Å². The van der Waals surface area contributed by atoms with Crippen molar-refractivity contribution in [1.82, 2.24) is 9.21 Å². The predicted molar refractivity (Wildman–Crippen MR) is 93.3 cm³/mol. The summed E-state index contributed by atoms with van der Waals surface area (Å²) in [6.07, 6.45) is 1.18. The highest BCUT2D eigenvalue weighted by Gasteiger charge is 2.20. The molecule has 0 aliphatic carbocycles. The topological polar surface area (TPSA) is 79.0 Å². The van der Waals surface area contributed by atoms with Gasteiger partial charge in [0, 0.05) is 44.8 Å². The zero-order valence-electron chi connectivity index (χ0n) is 14.3. The summed E-state index contributed by atoms with van der Waals surface area (Å²) in [6, 6.07) is 5.42. The predicted octanol–water partition coefficient (Wildman–Crippen LogP) is 0.748. The van der Waals surface area contributed by atoms with E-state index in [2.05, 4.69) is 10.2 Å². The molecule has 1 saturated heterocycles. The summed E-state index contributed by atoms with van der Waals surface area (Å²) in [5.41, 5.74) is 0.477. The van der Waals surface area contributed by atoms with Gasteiger partial charge in [0.15, 0.2) is 0 Å². The normalized spacial score (nSPS) is 16.1. The van der Waals surface area contributed by atoms with E-state index in [0.717, 1.165) is 19.3 Å². The van der Waals surface area contributed by atoms with Crippen molar-refractivity contribution in [2.45, 2.75) is 6.42 Å². The van der Waals surface area contributed by atoms with Crippen LogP contribution in [0.25, 0.3) is 0 Å². The molecule has 7 nitrogen and oxygen atoms in total. The number of sulfonamides is 1. The summed E-state index contributed by atoms with van der Waals surface area (Å²) in [7, 11) is -3.39. The molecule has 1 aliphatic rings. The van der Waals surface area contributed by atoms with Crippen LogP contribution in [-0.2, 0) is 19.6 Å². The van der Waals surface area contributed by atoms with Gasteiger partial charge in [-0.2, -0.15) is 0 Å². The first kappa shape index (κ1) is 19.8. The first-order valence-corrected chi connectivity index (χ1v) is 10.00. The van der Waals surface area contributed by atoms with Gasteiger partial charge in [-0.3, -0.25) is 9.69 Å². The van der Waals surface area contributed by atoms with Crippen LogP contribution in [0.1, 0.15) is 6.42 Å². The second kappa shape index (κ2) is 9.23. The second-order valence-corrected chi connectivity index (χ2v) is 7.90. The van der Waals surface area contributed by atoms with Crippen molar-refractivity contribution in [3.63, 3.8) is 0 Å². The van der Waals surface area contributed by atoms with Gasteiger partial charge in [-0.05, 0) is 24.3 Å². The van der Waals surface area contributed by atoms with Crippen molar-refractivity contribution in [2.24, 2.45) is 0 Å². The molecule has 1 fully saturated rings. The van der Waals surface area contributed by atoms with Gasteiger partial charge in [0.05, 0.1) is 19.5 Å². The van der Waals surface area contributed by atoms with E-state index in [4.69, 9.17) is 4.74 Å². The number of nitrogens with zero attached hydrogens (tertiary/aromatic N) is 2. The lowest BCUT2D eigenvalue weighted by Crippen LogP contribution is -2.43. The Labute approximate surface area is 147 Å². The molecule has 0 atom stereocenters. The number of anilines is 1. The number of hydrogen-bond acceptors (Lipinski definition) is 5. The number of benzene rings is 1. The van der Waals surface area contributed by atoms with Crippen LogP contribution in [0.3, 0.4) is 0 Å². The number of amides is 1. The lowest BCUT2D eigenvalue weighted by Gasteiger charge is -2.29. The molecular weight excluding hydrogens is 349 g/mol. The molecule has 1 heterocycles. The summed E-state index contributed by atoms with van der Waals surface area (Å²) in [5, 5.41) is 2.63. The number of hydrogen-bond donors (Lipinski definition) is 1. The molecule has 25 heavy (non-hydrogen) atoms. The smallest absolute Gasteiger partial charge is 0.225 e. The second-order valence-electron chi connectivity index (χ2n) is 5.92. The highest BCUT2D eigenvalue weighted by molar-refractivity contribution is 7.88. The highest BCUT2D eigenvalue weighted by atomic mass is 32.2. The van der Waals surface area contributed by atoms with Crippen molar-refractivity contribution in [2.75, 3.05) is 57.5 Å². The Morgan fingerprint density at radius 2 is 1.88 bits per heavy atom. The minimum Gasteiger partial charge on any atom is -0.379 e. The fourth-order valence-electron chi connectivity index (χ4n) is 2.50. The molecular formula is C16H24FN3O4S. The van der Waals surface area contributed by atoms with Gasteiger partial charge in [-0.1, -0.05) is 0 Å². The zero-order chi connectivity index (χ0) is 18.3. The number of rotatable bonds is 8. The third kappa shape index (κ3) is 7.07. The molecule has 0 unspecified atom stereocenters. The van der Waals surface area contributed by atoms with Crippen molar-refractivity contribution in [3.8, 4) is 0 Å². The number of ether oxygens (including phenoxy) is 1. The number of morpholine rings is 1. The third-order valence-electron chi connectivity index (χ3n) is 3.95. The molecule has 1 aliphatic heterocycles. The third-order valence-corrected chi connectivity index (χ3v) is 5.26. The van der Waals surface area contributed by atoms with Crippen LogP contribution in [-0.4, -0.2) is 75.7 Å². The van der Waals surface area contributed by atoms with Gasteiger partial charge >= 0.3 is 0 Å². The van der Waals surface area contributed by atoms with E-state index in [-0.39, 0.29) is 24.7 Å². The molecule has 0 radical (unpaired) electrons. The summed E-state index contributed by atoms with van der Waals surface area (Å²) >= 11 is 0. The molecule has 1 aromatic rings. The van der Waals surface area contributed by atoms with Crippen LogP contribution in [0.4, 0.5) is 10.1 Å². The Balaban J connectivity index is 1.82. The Morgan fingerprint density at radius 1 is 1.24 bits per heavy atom. The maximum Gasteiger partial charge on any atom is 0.225 e. The Morgan fingerprint density at radius 3 is 2.48 bits per heavy atom. The summed E-state index contributed by atoms with van der Waals surface area (Å²) in [4.78, 5) is 14.1. The van der Waals surface area contributed by atoms with Gasteiger partial charge in [-0.15, -0.1) is 0 Å². The molecule has 1 N–H and O–H groups in total. The number of nitrogens with one attached hydrogen (secondary N) is 1. The first-order valence-electron chi connectivity index (χ1n) is 8.15. The van der Waals surface area contributed by atoms with Gasteiger partial charge in [0.2, 0.25) is 15.9 Å². The van der Waals surface area contributed by atoms with Crippen molar-refractivity contribution in [1.29, 1.82) is 0 Å². The van der Waals surface area contributed by atoms with Crippen LogP contribution in [0.2, 0.25) is 0 Å². The SMILES string of the molecule is CS(=O)(=O)N(CCC(=O)Nc1ccc(F)cc1)CCN1CCOCC1. The molecule has 0 spiro atoms. The molecule has 2 rings (SSSR count). The van der Waals surface area contributed by atoms with Gasteiger partial charge in [-0.25, -0.2) is 17.1 Å². The number of carbonyl (C=O) groups is 1. The minimum atomic E-state index is -3.39. The van der Waals surface area contributed by atoms with Crippen LogP contribution < -0.4 is 5.32 Å². The maximum absolute atomic E-state index is 12.8. The summed E-state index contributed by atoms with van der Waals surface area (Å²) in [5.74, 6) is -0.698. The van der Waals surface area contributed by atoms with Crippen LogP contribution in [0, 0.1) is 5.82 Å². The van der Waals surface area contributed by atoms with E-state index in [9.17, 15) is 17.6 Å². The summed E-state index contributed by atoms with van der Waals surface area (Å²) in [6.45, 7) is 3.91. The largest absolute Gasteiger partial charge is 0.379 e. The zero-order valence-corrected chi connectivity index (χ0v) is 15.1. The molecule has 0 saturated carbocycles. The van der Waals surface area contributed by atoms with Crippen LogP contribution in [0.15, 0.2) is 24.3 Å². The van der Waals surface area contributed by atoms with E-state index in [1.807, 2.05) is 0 Å². The minimum absolute atomic E-state index is 0.0353. The van der Waals surface area contributed by atoms with E-state index in [1.165, 1.54) is 28.6 Å². The van der Waals surface area contributed by atoms with Gasteiger partial charge < -0.3 is 10.1 Å². The van der Waals surface area contributed by atoms with E-state index < -0.39 is 10.0 Å². The van der Waals surface area contributed by atoms with E-state index >= 15 is 0 Å². The van der Waals surface area contributed by atoms with Gasteiger partial charge in [0.1, 0.15) is 5.82 Å². The van der Waals surface area contributed by atoms with Crippen molar-refractivity contribution < 1.29 is 22.3 Å². The number of carbonyl (C=O) groups excluding carboxylic acids is 1. The van der Waals surface area contributed by atoms with Gasteiger partial charge in [0.25, 0.3) is 0 Å². The van der Waals surface area contributed by atoms with Crippen molar-refractivity contribution >= 4 is 21.6 Å². The Kier molecular flexibility index (Phi) is 7.30. The highest BCUT2D eigenvalue weighted by Crippen LogP contribution is 2.09. The molecule has 1 aromatic carbocycles. The quantitative estimate of drug-likeness (QED) is 0.727. The molecule has 0 aromatic heterocycles. The fraction of sp³-hybridized carbons (Fsp3) is 0.562. The van der Waals surface area contributed by atoms with E-state index in [0.29, 0.717) is 32.0 Å². The Hall–Kier alpha value is -1.55. The Bertz CT molecular complexity index is 660. The van der Waals surface area contributed by atoms with E-state index in [1.54, 1.807) is 0 Å². The fourth-order valence-corrected chi connectivity index (χ4v) is 3.34. The lowest BCUT2D eigenvalue weighted by molar-refractivity contribution is -0.116. The first-order chi connectivity index (χ1) is 11.8. The molecule has 1 amide bonds. The standard InChI is InChI=1S/C16H24FN3O4S/c1-25(22,23)20(9-8-19-10-12-24-13-11-19)7-6-16(21)18-15-4-2-14(17)3-5-15/h2-5H,6-13H2,1H3,(H,18,21).